The Labute approximate surface area is 194 Å². The second-order valence-corrected chi connectivity index (χ2v) is 14.1. The number of aliphatic hydroxyl groups is 1. The molecular formula is C30H54O. The van der Waals surface area contributed by atoms with Crippen LogP contribution >= 0.6 is 0 Å². The van der Waals surface area contributed by atoms with E-state index in [0.717, 1.165) is 59.7 Å². The van der Waals surface area contributed by atoms with Gasteiger partial charge < -0.3 is 5.11 Å². The second kappa shape index (κ2) is 8.63. The van der Waals surface area contributed by atoms with Gasteiger partial charge in [-0.1, -0.05) is 55.4 Å². The van der Waals surface area contributed by atoms with Gasteiger partial charge in [-0.3, -0.25) is 0 Å². The van der Waals surface area contributed by atoms with Crippen LogP contribution in [-0.2, 0) is 0 Å². The third-order valence-corrected chi connectivity index (χ3v) is 12.6. The largest absolute Gasteiger partial charge is 0.393 e. The Morgan fingerprint density at radius 3 is 2.06 bits per heavy atom. The molecular weight excluding hydrogens is 376 g/mol. The molecule has 4 rings (SSSR count). The van der Waals surface area contributed by atoms with Gasteiger partial charge in [0.2, 0.25) is 0 Å². The molecule has 4 saturated carbocycles. The van der Waals surface area contributed by atoms with Crippen molar-refractivity contribution in [1.82, 2.24) is 0 Å². The van der Waals surface area contributed by atoms with E-state index in [2.05, 4.69) is 55.4 Å². The van der Waals surface area contributed by atoms with Gasteiger partial charge in [0.05, 0.1) is 6.10 Å². The molecule has 0 aromatic heterocycles. The van der Waals surface area contributed by atoms with Crippen molar-refractivity contribution in [3.8, 4) is 0 Å². The maximum absolute atomic E-state index is 10.6. The molecule has 0 bridgehead atoms. The molecule has 1 heteroatoms. The summed E-state index contributed by atoms with van der Waals surface area (Å²) in [5.41, 5.74) is 1.08. The summed E-state index contributed by atoms with van der Waals surface area (Å²) < 4.78 is 0. The highest BCUT2D eigenvalue weighted by Gasteiger charge is 2.61. The van der Waals surface area contributed by atoms with Gasteiger partial charge in [-0.05, 0) is 128 Å². The molecule has 0 aliphatic heterocycles. The summed E-state index contributed by atoms with van der Waals surface area (Å²) in [7, 11) is 0. The monoisotopic (exact) mass is 430 g/mol. The number of hydrogen-bond acceptors (Lipinski definition) is 1. The molecule has 31 heavy (non-hydrogen) atoms. The first-order valence-electron chi connectivity index (χ1n) is 14.2. The van der Waals surface area contributed by atoms with Crippen LogP contribution in [0.3, 0.4) is 0 Å². The molecule has 180 valence electrons. The number of hydrogen-bond donors (Lipinski definition) is 1. The topological polar surface area (TPSA) is 20.2 Å². The first-order valence-corrected chi connectivity index (χ1v) is 14.2. The molecule has 0 saturated heterocycles. The Morgan fingerprint density at radius 2 is 1.39 bits per heavy atom. The molecule has 7 unspecified atom stereocenters. The average molecular weight is 431 g/mol. The van der Waals surface area contributed by atoms with Crippen LogP contribution < -0.4 is 0 Å². The van der Waals surface area contributed by atoms with Crippen molar-refractivity contribution in [3.63, 3.8) is 0 Å². The van der Waals surface area contributed by atoms with Crippen LogP contribution in [0.25, 0.3) is 0 Å². The van der Waals surface area contributed by atoms with Gasteiger partial charge in [0.25, 0.3) is 0 Å². The van der Waals surface area contributed by atoms with Gasteiger partial charge in [-0.25, -0.2) is 0 Å². The molecule has 0 heterocycles. The van der Waals surface area contributed by atoms with Crippen molar-refractivity contribution in [2.75, 3.05) is 0 Å². The zero-order valence-corrected chi connectivity index (χ0v) is 22.2. The van der Waals surface area contributed by atoms with Gasteiger partial charge in [-0.15, -0.1) is 0 Å². The van der Waals surface area contributed by atoms with Crippen molar-refractivity contribution >= 4 is 0 Å². The Balaban J connectivity index is 1.49. The highest BCUT2D eigenvalue weighted by molar-refractivity contribution is 5.10. The third kappa shape index (κ3) is 3.85. The third-order valence-electron chi connectivity index (χ3n) is 12.6. The first-order chi connectivity index (χ1) is 14.5. The average Bonchev–Trinajstić information content (AvgIpc) is 3.07. The summed E-state index contributed by atoms with van der Waals surface area (Å²) in [4.78, 5) is 0. The van der Waals surface area contributed by atoms with Gasteiger partial charge in [-0.2, -0.15) is 0 Å². The van der Waals surface area contributed by atoms with E-state index in [-0.39, 0.29) is 6.10 Å². The number of fused-ring (bicyclic) bond motifs is 5. The summed E-state index contributed by atoms with van der Waals surface area (Å²) in [6.45, 7) is 20.1. The lowest BCUT2D eigenvalue weighted by molar-refractivity contribution is -0.149. The Kier molecular flexibility index (Phi) is 6.71. The van der Waals surface area contributed by atoms with E-state index in [0.29, 0.717) is 16.7 Å². The summed E-state index contributed by atoms with van der Waals surface area (Å²) in [6.07, 6.45) is 12.5. The smallest absolute Gasteiger partial charge is 0.0568 e. The van der Waals surface area contributed by atoms with Crippen LogP contribution in [0.4, 0.5) is 0 Å². The van der Waals surface area contributed by atoms with Crippen LogP contribution in [0.5, 0.6) is 0 Å². The van der Waals surface area contributed by atoms with E-state index in [4.69, 9.17) is 0 Å². The normalized spacial score (nSPS) is 50.3. The summed E-state index contributed by atoms with van der Waals surface area (Å²) in [5, 5.41) is 10.6. The molecule has 0 aromatic rings. The van der Waals surface area contributed by atoms with Crippen molar-refractivity contribution < 1.29 is 5.11 Å². The van der Waals surface area contributed by atoms with E-state index in [9.17, 15) is 5.11 Å². The molecule has 4 aliphatic carbocycles. The fraction of sp³-hybridized carbons (Fsp3) is 1.00. The molecule has 0 amide bonds. The van der Waals surface area contributed by atoms with Crippen LogP contribution in [0.15, 0.2) is 0 Å². The molecule has 4 aliphatic rings. The fourth-order valence-corrected chi connectivity index (χ4v) is 10.3. The SMILES string of the molecule is CC(C)[C@@H](C)[C@H](C)C[C@@H](C)C1CCC2C3CC[C@H]4[C@H](C)C(O)CCC4(C)C3CCC21C. The lowest BCUT2D eigenvalue weighted by Gasteiger charge is -2.62. The van der Waals surface area contributed by atoms with Crippen LogP contribution in [0.2, 0.25) is 0 Å². The van der Waals surface area contributed by atoms with E-state index < -0.39 is 0 Å². The minimum atomic E-state index is -0.0459. The van der Waals surface area contributed by atoms with Crippen molar-refractivity contribution in [1.29, 1.82) is 0 Å². The van der Waals surface area contributed by atoms with Gasteiger partial charge in [0, 0.05) is 0 Å². The molecule has 0 aromatic carbocycles. The minimum absolute atomic E-state index is 0.0459. The first kappa shape index (κ1) is 24.1. The Morgan fingerprint density at radius 1 is 0.774 bits per heavy atom. The predicted molar refractivity (Wildman–Crippen MR) is 133 cm³/mol. The van der Waals surface area contributed by atoms with Gasteiger partial charge >= 0.3 is 0 Å². The minimum Gasteiger partial charge on any atom is -0.393 e. The van der Waals surface area contributed by atoms with Crippen LogP contribution in [0, 0.1) is 70.0 Å². The standard InChI is InChI=1S/C30H54O/c1-18(2)21(5)19(3)17-20(4)24-11-12-26-23-9-10-25-22(6)28(31)14-16-30(25,8)27(23)13-15-29(24,26)7/h18-28,31H,9-17H2,1-8H3/t19-,20-,21-,22+,23?,24?,25+,26?,27?,28?,29?,30?/m1/s1. The van der Waals surface area contributed by atoms with Crippen LogP contribution in [-0.4, -0.2) is 11.2 Å². The van der Waals surface area contributed by atoms with E-state index in [1.807, 2.05) is 0 Å². The highest BCUT2D eigenvalue weighted by atomic mass is 16.3. The zero-order chi connectivity index (χ0) is 22.7. The van der Waals surface area contributed by atoms with Gasteiger partial charge in [0.15, 0.2) is 0 Å². The lowest BCUT2D eigenvalue weighted by Crippen LogP contribution is -2.56. The van der Waals surface area contributed by atoms with Crippen molar-refractivity contribution in [2.24, 2.45) is 70.0 Å². The molecule has 1 nitrogen and oxygen atoms in total. The number of rotatable bonds is 5. The lowest BCUT2D eigenvalue weighted by atomic mass is 9.43. The maximum Gasteiger partial charge on any atom is 0.0568 e. The van der Waals surface area contributed by atoms with E-state index in [1.54, 1.807) is 0 Å². The summed E-state index contributed by atoms with van der Waals surface area (Å²) in [6, 6.07) is 0. The van der Waals surface area contributed by atoms with Crippen molar-refractivity contribution in [3.05, 3.63) is 0 Å². The van der Waals surface area contributed by atoms with E-state index in [1.165, 1.54) is 51.4 Å². The van der Waals surface area contributed by atoms with Crippen molar-refractivity contribution in [2.45, 2.75) is 119 Å². The molecule has 4 fully saturated rings. The zero-order valence-electron chi connectivity index (χ0n) is 22.2. The predicted octanol–water partition coefficient (Wildman–Crippen LogP) is 8.21. The quantitative estimate of drug-likeness (QED) is 0.466. The molecule has 0 radical (unpaired) electrons. The fourth-order valence-electron chi connectivity index (χ4n) is 10.3. The van der Waals surface area contributed by atoms with Gasteiger partial charge in [0.1, 0.15) is 0 Å². The Hall–Kier alpha value is -0.0400. The second-order valence-electron chi connectivity index (χ2n) is 14.1. The summed E-state index contributed by atoms with van der Waals surface area (Å²) in [5.74, 6) is 8.43. The van der Waals surface area contributed by atoms with Crippen LogP contribution in [0.1, 0.15) is 113 Å². The summed E-state index contributed by atoms with van der Waals surface area (Å²) >= 11 is 0. The maximum atomic E-state index is 10.6. The van der Waals surface area contributed by atoms with E-state index >= 15 is 0 Å². The molecule has 1 N–H and O–H groups in total. The molecule has 12 atom stereocenters. The highest BCUT2D eigenvalue weighted by Crippen LogP contribution is 2.69. The Bertz CT molecular complexity index is 626. The molecule has 0 spiro atoms. The number of aliphatic hydroxyl groups excluding tert-OH is 1.